The Hall–Kier alpha value is -1.43. The lowest BCUT2D eigenvalue weighted by Crippen LogP contribution is -2.45. The van der Waals surface area contributed by atoms with Crippen molar-refractivity contribution in [3.63, 3.8) is 0 Å². The number of rotatable bonds is 5. The molecule has 0 bridgehead atoms. The van der Waals surface area contributed by atoms with E-state index in [0.29, 0.717) is 12.0 Å². The lowest BCUT2D eigenvalue weighted by atomic mass is 10.0. The zero-order valence-electron chi connectivity index (χ0n) is 14.1. The summed E-state index contributed by atoms with van der Waals surface area (Å²) in [6, 6.07) is 8.68. The van der Waals surface area contributed by atoms with Gasteiger partial charge < -0.3 is 10.1 Å². The van der Waals surface area contributed by atoms with Crippen LogP contribution in [0, 0.1) is 0 Å². The molecule has 1 saturated heterocycles. The maximum absolute atomic E-state index is 5.57. The Labute approximate surface area is 142 Å². The molecule has 1 unspecified atom stereocenters. The average Bonchev–Trinajstić information content (AvgIpc) is 3.04. The molecule has 1 aromatic heterocycles. The second-order valence-electron chi connectivity index (χ2n) is 6.25. The number of piperazine rings is 1. The van der Waals surface area contributed by atoms with Crippen LogP contribution >= 0.6 is 11.3 Å². The zero-order valence-corrected chi connectivity index (χ0v) is 14.9. The summed E-state index contributed by atoms with van der Waals surface area (Å²) in [4.78, 5) is 8.44. The van der Waals surface area contributed by atoms with Gasteiger partial charge >= 0.3 is 0 Å². The number of para-hydroxylation sites is 1. The molecule has 0 spiro atoms. The van der Waals surface area contributed by atoms with E-state index in [0.717, 1.165) is 31.9 Å². The fourth-order valence-electron chi connectivity index (χ4n) is 3.05. The summed E-state index contributed by atoms with van der Waals surface area (Å²) in [5, 5.41) is 4.74. The van der Waals surface area contributed by atoms with Crippen molar-refractivity contribution < 1.29 is 4.74 Å². The highest BCUT2D eigenvalue weighted by atomic mass is 32.1. The van der Waals surface area contributed by atoms with Crippen LogP contribution in [0.4, 0.5) is 0 Å². The Bertz CT molecular complexity index is 641. The van der Waals surface area contributed by atoms with Crippen molar-refractivity contribution in [2.45, 2.75) is 32.4 Å². The molecule has 1 N–H and O–H groups in total. The maximum Gasteiger partial charge on any atom is 0.123 e. The van der Waals surface area contributed by atoms with Crippen molar-refractivity contribution in [3.8, 4) is 5.75 Å². The minimum Gasteiger partial charge on any atom is -0.496 e. The number of aromatic nitrogens is 1. The van der Waals surface area contributed by atoms with Crippen molar-refractivity contribution in [1.29, 1.82) is 0 Å². The van der Waals surface area contributed by atoms with E-state index in [-0.39, 0.29) is 0 Å². The quantitative estimate of drug-likeness (QED) is 0.911. The molecule has 0 amide bonds. The maximum atomic E-state index is 5.57. The van der Waals surface area contributed by atoms with Crippen molar-refractivity contribution in [3.05, 3.63) is 45.9 Å². The van der Waals surface area contributed by atoms with Crippen LogP contribution < -0.4 is 10.1 Å². The highest BCUT2D eigenvalue weighted by Gasteiger charge is 2.26. The molecule has 4 nitrogen and oxygen atoms in total. The van der Waals surface area contributed by atoms with Crippen LogP contribution in [0.5, 0.6) is 5.75 Å². The van der Waals surface area contributed by atoms with Crippen molar-refractivity contribution in [2.24, 2.45) is 0 Å². The summed E-state index contributed by atoms with van der Waals surface area (Å²) in [5.41, 5.74) is 1.26. The molecule has 1 aliphatic heterocycles. The van der Waals surface area contributed by atoms with Crippen molar-refractivity contribution in [1.82, 2.24) is 15.2 Å². The van der Waals surface area contributed by atoms with Crippen LogP contribution in [0.2, 0.25) is 0 Å². The minimum atomic E-state index is 0.337. The van der Waals surface area contributed by atoms with Crippen LogP contribution in [0.1, 0.15) is 41.3 Å². The molecule has 1 fully saturated rings. The standard InChI is InChI=1S/C18H25N3OS/c1-13(2)18-20-10-14(23-18)12-21-9-8-19-11-16(21)15-6-4-5-7-17(15)22-3/h4-7,10,13,16,19H,8-9,11-12H2,1-3H3. The SMILES string of the molecule is COc1ccccc1C1CNCCN1Cc1cnc(C(C)C)s1. The topological polar surface area (TPSA) is 37.4 Å². The van der Waals surface area contributed by atoms with Crippen LogP contribution in [-0.2, 0) is 6.54 Å². The number of hydrogen-bond donors (Lipinski definition) is 1. The second-order valence-corrected chi connectivity index (χ2v) is 7.40. The van der Waals surface area contributed by atoms with Gasteiger partial charge in [-0.2, -0.15) is 0 Å². The highest BCUT2D eigenvalue weighted by Crippen LogP contribution is 2.32. The minimum absolute atomic E-state index is 0.337. The van der Waals surface area contributed by atoms with Crippen LogP contribution in [-0.4, -0.2) is 36.6 Å². The van der Waals surface area contributed by atoms with Gasteiger partial charge in [-0.15, -0.1) is 11.3 Å². The summed E-state index contributed by atoms with van der Waals surface area (Å²) >= 11 is 1.84. The Balaban J connectivity index is 1.81. The molecule has 1 atom stereocenters. The third-order valence-corrected chi connectivity index (χ3v) is 5.56. The van der Waals surface area contributed by atoms with E-state index in [1.54, 1.807) is 7.11 Å². The van der Waals surface area contributed by atoms with Gasteiger partial charge in [0.15, 0.2) is 0 Å². The van der Waals surface area contributed by atoms with E-state index in [4.69, 9.17) is 4.74 Å². The van der Waals surface area contributed by atoms with E-state index >= 15 is 0 Å². The number of nitrogens with zero attached hydrogens (tertiary/aromatic N) is 2. The first kappa shape index (κ1) is 16.4. The Morgan fingerprint density at radius 2 is 2.22 bits per heavy atom. The van der Waals surface area contributed by atoms with Gasteiger partial charge in [-0.1, -0.05) is 32.0 Å². The third-order valence-electron chi connectivity index (χ3n) is 4.28. The van der Waals surface area contributed by atoms with Crippen LogP contribution in [0.15, 0.2) is 30.5 Å². The first-order valence-corrected chi connectivity index (χ1v) is 9.03. The molecule has 1 aliphatic rings. The Morgan fingerprint density at radius 3 is 2.96 bits per heavy atom. The number of methoxy groups -OCH3 is 1. The van der Waals surface area contributed by atoms with E-state index < -0.39 is 0 Å². The van der Waals surface area contributed by atoms with Gasteiger partial charge in [0.1, 0.15) is 5.75 Å². The largest absolute Gasteiger partial charge is 0.496 e. The normalized spacial score (nSPS) is 19.2. The molecule has 124 valence electrons. The van der Waals surface area contributed by atoms with Crippen molar-refractivity contribution >= 4 is 11.3 Å². The number of hydrogen-bond acceptors (Lipinski definition) is 5. The first-order valence-electron chi connectivity index (χ1n) is 8.21. The smallest absolute Gasteiger partial charge is 0.123 e. The monoisotopic (exact) mass is 331 g/mol. The van der Waals surface area contributed by atoms with Gasteiger partial charge in [0.25, 0.3) is 0 Å². The number of nitrogens with one attached hydrogen (secondary N) is 1. The molecule has 23 heavy (non-hydrogen) atoms. The lowest BCUT2D eigenvalue weighted by Gasteiger charge is -2.36. The molecule has 1 aromatic carbocycles. The van der Waals surface area contributed by atoms with Crippen LogP contribution in [0.3, 0.4) is 0 Å². The Morgan fingerprint density at radius 1 is 1.39 bits per heavy atom. The predicted octanol–water partition coefficient (Wildman–Crippen LogP) is 3.42. The van der Waals surface area contributed by atoms with E-state index in [9.17, 15) is 0 Å². The molecule has 5 heteroatoms. The molecular formula is C18H25N3OS. The summed E-state index contributed by atoms with van der Waals surface area (Å²) in [7, 11) is 1.75. The van der Waals surface area contributed by atoms with Crippen molar-refractivity contribution in [2.75, 3.05) is 26.7 Å². The van der Waals surface area contributed by atoms with E-state index in [1.165, 1.54) is 15.4 Å². The van der Waals surface area contributed by atoms with Gasteiger partial charge in [-0.05, 0) is 6.07 Å². The number of ether oxygens (including phenoxy) is 1. The molecule has 2 heterocycles. The number of thiazole rings is 1. The fourth-order valence-corrected chi connectivity index (χ4v) is 3.99. The van der Waals surface area contributed by atoms with Gasteiger partial charge in [-0.3, -0.25) is 4.90 Å². The molecular weight excluding hydrogens is 306 g/mol. The second kappa shape index (κ2) is 7.43. The fraction of sp³-hybridized carbons (Fsp3) is 0.500. The summed E-state index contributed by atoms with van der Waals surface area (Å²) in [6.45, 7) is 8.38. The predicted molar refractivity (Wildman–Crippen MR) is 95.2 cm³/mol. The lowest BCUT2D eigenvalue weighted by molar-refractivity contribution is 0.152. The summed E-state index contributed by atoms with van der Waals surface area (Å²) in [5.74, 6) is 1.47. The zero-order chi connectivity index (χ0) is 16.2. The van der Waals surface area contributed by atoms with Gasteiger partial charge in [-0.25, -0.2) is 4.98 Å². The van der Waals surface area contributed by atoms with Gasteiger partial charge in [0, 0.05) is 48.7 Å². The molecule has 0 radical (unpaired) electrons. The number of benzene rings is 1. The van der Waals surface area contributed by atoms with E-state index in [1.807, 2.05) is 29.7 Å². The molecule has 3 rings (SSSR count). The molecule has 0 saturated carbocycles. The Kier molecular flexibility index (Phi) is 5.30. The van der Waals surface area contributed by atoms with E-state index in [2.05, 4.69) is 41.2 Å². The van der Waals surface area contributed by atoms with Crippen LogP contribution in [0.25, 0.3) is 0 Å². The first-order chi connectivity index (χ1) is 11.2. The summed E-state index contributed by atoms with van der Waals surface area (Å²) in [6.07, 6.45) is 2.04. The third kappa shape index (κ3) is 3.74. The highest BCUT2D eigenvalue weighted by molar-refractivity contribution is 7.11. The molecule has 2 aromatic rings. The van der Waals surface area contributed by atoms with Gasteiger partial charge in [0.2, 0.25) is 0 Å². The average molecular weight is 331 g/mol. The summed E-state index contributed by atoms with van der Waals surface area (Å²) < 4.78 is 5.57. The molecule has 0 aliphatic carbocycles. The van der Waals surface area contributed by atoms with Gasteiger partial charge in [0.05, 0.1) is 18.2 Å².